The number of aryl methyl sites for hydroxylation is 2. The minimum absolute atomic E-state index is 0.0714. The van der Waals surface area contributed by atoms with E-state index in [1.807, 2.05) is 24.3 Å². The van der Waals surface area contributed by atoms with Crippen LogP contribution in [-0.4, -0.2) is 31.2 Å². The van der Waals surface area contributed by atoms with Crippen LogP contribution in [0.25, 0.3) is 10.9 Å². The maximum absolute atomic E-state index is 12.1. The molecule has 0 bridgehead atoms. The largest absolute Gasteiger partial charge is 0.493 e. The summed E-state index contributed by atoms with van der Waals surface area (Å²) in [7, 11) is 3.23. The van der Waals surface area contributed by atoms with Gasteiger partial charge in [-0.25, -0.2) is 0 Å². The Morgan fingerprint density at radius 1 is 1.04 bits per heavy atom. The molecule has 0 aliphatic carbocycles. The topological polar surface area (TPSA) is 52.5 Å². The van der Waals surface area contributed by atoms with Gasteiger partial charge in [-0.3, -0.25) is 4.79 Å². The number of nitrogens with zero attached hydrogens (tertiary/aromatic N) is 1. The molecule has 1 amide bonds. The highest BCUT2D eigenvalue weighted by Crippen LogP contribution is 2.27. The van der Waals surface area contributed by atoms with E-state index < -0.39 is 0 Å². The van der Waals surface area contributed by atoms with Crippen molar-refractivity contribution in [1.29, 1.82) is 0 Å². The Hall–Kier alpha value is -2.95. The molecular weight excluding hydrogens is 340 g/mol. The zero-order valence-corrected chi connectivity index (χ0v) is 15.9. The van der Waals surface area contributed by atoms with Crippen LogP contribution in [0.4, 0.5) is 0 Å². The molecule has 0 atom stereocenters. The van der Waals surface area contributed by atoms with Gasteiger partial charge >= 0.3 is 0 Å². The fraction of sp³-hybridized carbons (Fsp3) is 0.318. The van der Waals surface area contributed by atoms with Gasteiger partial charge in [-0.15, -0.1) is 0 Å². The van der Waals surface area contributed by atoms with E-state index in [0.29, 0.717) is 30.9 Å². The first kappa shape index (κ1) is 18.8. The SMILES string of the molecule is COc1ccc(CCC(=O)NCCCn2ccc3ccccc32)cc1OC. The number of rotatable bonds is 9. The lowest BCUT2D eigenvalue weighted by Gasteiger charge is -2.10. The fourth-order valence-corrected chi connectivity index (χ4v) is 3.20. The normalized spacial score (nSPS) is 10.7. The van der Waals surface area contributed by atoms with Crippen LogP contribution in [0, 0.1) is 0 Å². The third kappa shape index (κ3) is 4.82. The van der Waals surface area contributed by atoms with Gasteiger partial charge in [0.05, 0.1) is 14.2 Å². The first-order valence-corrected chi connectivity index (χ1v) is 9.22. The molecule has 0 aliphatic heterocycles. The number of carbonyl (C=O) groups excluding carboxylic acids is 1. The summed E-state index contributed by atoms with van der Waals surface area (Å²) in [6, 6.07) is 16.2. The van der Waals surface area contributed by atoms with Crippen LogP contribution in [0.3, 0.4) is 0 Å². The van der Waals surface area contributed by atoms with E-state index in [2.05, 4.69) is 40.3 Å². The molecule has 1 N–H and O–H groups in total. The standard InChI is InChI=1S/C22H26N2O3/c1-26-20-10-8-17(16-21(20)27-2)9-11-22(25)23-13-5-14-24-15-12-18-6-3-4-7-19(18)24/h3-4,6-8,10,12,15-16H,5,9,11,13-14H2,1-2H3,(H,23,25). The van der Waals surface area contributed by atoms with Crippen molar-refractivity contribution in [3.63, 3.8) is 0 Å². The van der Waals surface area contributed by atoms with E-state index in [1.165, 1.54) is 10.9 Å². The Balaban J connectivity index is 1.41. The Bertz CT molecular complexity index is 901. The van der Waals surface area contributed by atoms with Crippen LogP contribution < -0.4 is 14.8 Å². The van der Waals surface area contributed by atoms with Crippen molar-refractivity contribution in [3.8, 4) is 11.5 Å². The van der Waals surface area contributed by atoms with Gasteiger partial charge in [0.25, 0.3) is 0 Å². The number of amides is 1. The summed E-state index contributed by atoms with van der Waals surface area (Å²) in [5.74, 6) is 1.46. The molecule has 2 aromatic carbocycles. The van der Waals surface area contributed by atoms with Gasteiger partial charge in [0.1, 0.15) is 0 Å². The predicted molar refractivity (Wildman–Crippen MR) is 107 cm³/mol. The number of benzene rings is 2. The molecule has 0 saturated carbocycles. The molecule has 0 aliphatic rings. The average molecular weight is 366 g/mol. The second-order valence-corrected chi connectivity index (χ2v) is 6.46. The van der Waals surface area contributed by atoms with Gasteiger partial charge in [0.15, 0.2) is 11.5 Å². The highest BCUT2D eigenvalue weighted by atomic mass is 16.5. The third-order valence-corrected chi connectivity index (χ3v) is 4.67. The summed E-state index contributed by atoms with van der Waals surface area (Å²) in [4.78, 5) is 12.1. The first-order valence-electron chi connectivity index (χ1n) is 9.22. The van der Waals surface area contributed by atoms with Crippen molar-refractivity contribution in [2.45, 2.75) is 25.8 Å². The molecule has 27 heavy (non-hydrogen) atoms. The number of hydrogen-bond donors (Lipinski definition) is 1. The smallest absolute Gasteiger partial charge is 0.220 e. The highest BCUT2D eigenvalue weighted by molar-refractivity contribution is 5.79. The number of nitrogens with one attached hydrogen (secondary N) is 1. The second kappa shape index (κ2) is 9.12. The average Bonchev–Trinajstić information content (AvgIpc) is 3.12. The molecule has 142 valence electrons. The van der Waals surface area contributed by atoms with Gasteiger partial charge in [0, 0.05) is 31.2 Å². The lowest BCUT2D eigenvalue weighted by atomic mass is 10.1. The summed E-state index contributed by atoms with van der Waals surface area (Å²) in [6.45, 7) is 1.57. The van der Waals surface area contributed by atoms with Crippen molar-refractivity contribution >= 4 is 16.8 Å². The van der Waals surface area contributed by atoms with Gasteiger partial charge in [-0.05, 0) is 48.1 Å². The zero-order chi connectivity index (χ0) is 19.1. The number of methoxy groups -OCH3 is 2. The number of fused-ring (bicyclic) bond motifs is 1. The van der Waals surface area contributed by atoms with Crippen molar-refractivity contribution < 1.29 is 14.3 Å². The van der Waals surface area contributed by atoms with Gasteiger partial charge in [-0.2, -0.15) is 0 Å². The van der Waals surface area contributed by atoms with Crippen molar-refractivity contribution in [2.24, 2.45) is 0 Å². The molecular formula is C22H26N2O3. The molecule has 1 aromatic heterocycles. The summed E-state index contributed by atoms with van der Waals surface area (Å²) in [5.41, 5.74) is 2.29. The molecule has 0 radical (unpaired) electrons. The number of ether oxygens (including phenoxy) is 2. The van der Waals surface area contributed by atoms with Crippen molar-refractivity contribution in [3.05, 3.63) is 60.3 Å². The molecule has 0 saturated heterocycles. The highest BCUT2D eigenvalue weighted by Gasteiger charge is 2.07. The molecule has 0 fully saturated rings. The number of para-hydroxylation sites is 1. The molecule has 1 heterocycles. The van der Waals surface area contributed by atoms with E-state index in [1.54, 1.807) is 14.2 Å². The quantitative estimate of drug-likeness (QED) is 0.586. The van der Waals surface area contributed by atoms with E-state index in [4.69, 9.17) is 9.47 Å². The molecule has 3 aromatic rings. The summed E-state index contributed by atoms with van der Waals surface area (Å²) in [6.07, 6.45) is 4.14. The monoisotopic (exact) mass is 366 g/mol. The lowest BCUT2D eigenvalue weighted by molar-refractivity contribution is -0.121. The first-order chi connectivity index (χ1) is 13.2. The van der Waals surface area contributed by atoms with Gasteiger partial charge < -0.3 is 19.4 Å². The third-order valence-electron chi connectivity index (χ3n) is 4.67. The molecule has 5 heteroatoms. The molecule has 5 nitrogen and oxygen atoms in total. The Labute approximate surface area is 159 Å². The maximum atomic E-state index is 12.1. The van der Waals surface area contributed by atoms with Crippen LogP contribution in [0.1, 0.15) is 18.4 Å². The Morgan fingerprint density at radius 3 is 2.67 bits per heavy atom. The van der Waals surface area contributed by atoms with Crippen LogP contribution in [0.5, 0.6) is 11.5 Å². The number of hydrogen-bond acceptors (Lipinski definition) is 3. The van der Waals surface area contributed by atoms with E-state index in [0.717, 1.165) is 18.5 Å². The Kier molecular flexibility index (Phi) is 6.36. The Morgan fingerprint density at radius 2 is 1.85 bits per heavy atom. The van der Waals surface area contributed by atoms with Crippen LogP contribution in [-0.2, 0) is 17.8 Å². The van der Waals surface area contributed by atoms with Crippen molar-refractivity contribution in [1.82, 2.24) is 9.88 Å². The lowest BCUT2D eigenvalue weighted by Crippen LogP contribution is -2.25. The molecule has 0 unspecified atom stereocenters. The zero-order valence-electron chi connectivity index (χ0n) is 15.9. The van der Waals surface area contributed by atoms with Crippen molar-refractivity contribution in [2.75, 3.05) is 20.8 Å². The minimum atomic E-state index is 0.0714. The van der Waals surface area contributed by atoms with E-state index in [9.17, 15) is 4.79 Å². The summed E-state index contributed by atoms with van der Waals surface area (Å²) < 4.78 is 12.8. The van der Waals surface area contributed by atoms with Crippen LogP contribution >= 0.6 is 0 Å². The molecule has 0 spiro atoms. The van der Waals surface area contributed by atoms with Gasteiger partial charge in [-0.1, -0.05) is 24.3 Å². The second-order valence-electron chi connectivity index (χ2n) is 6.46. The van der Waals surface area contributed by atoms with Crippen LogP contribution in [0.2, 0.25) is 0 Å². The summed E-state index contributed by atoms with van der Waals surface area (Å²) in [5, 5.41) is 4.25. The predicted octanol–water partition coefficient (Wildman–Crippen LogP) is 3.80. The fourth-order valence-electron chi connectivity index (χ4n) is 3.20. The summed E-state index contributed by atoms with van der Waals surface area (Å²) >= 11 is 0. The maximum Gasteiger partial charge on any atom is 0.220 e. The van der Waals surface area contributed by atoms with Crippen LogP contribution in [0.15, 0.2) is 54.7 Å². The minimum Gasteiger partial charge on any atom is -0.493 e. The number of aromatic nitrogens is 1. The van der Waals surface area contributed by atoms with E-state index in [-0.39, 0.29) is 5.91 Å². The van der Waals surface area contributed by atoms with Gasteiger partial charge in [0.2, 0.25) is 5.91 Å². The van der Waals surface area contributed by atoms with E-state index >= 15 is 0 Å². The number of carbonyl (C=O) groups is 1. The molecule has 3 rings (SSSR count).